The molecule has 0 unspecified atom stereocenters. The van der Waals surface area contributed by atoms with Gasteiger partial charge in [-0.25, -0.2) is 9.78 Å². The maximum absolute atomic E-state index is 12.3. The Morgan fingerprint density at radius 2 is 1.95 bits per heavy atom. The van der Waals surface area contributed by atoms with E-state index in [0.29, 0.717) is 10.6 Å². The van der Waals surface area contributed by atoms with Gasteiger partial charge in [0.05, 0.1) is 12.9 Å². The fraction of sp³-hybridized carbons (Fsp3) is 0.143. The highest BCUT2D eigenvalue weighted by Gasteiger charge is 2.14. The third-order valence-corrected chi connectivity index (χ3v) is 3.61. The number of fused-ring (bicyclic) bond motifs is 1. The van der Waals surface area contributed by atoms with E-state index in [0.717, 1.165) is 0 Å². The predicted molar refractivity (Wildman–Crippen MR) is 81.4 cm³/mol. The highest BCUT2D eigenvalue weighted by atomic mass is 35.5. The molecule has 0 fully saturated rings. The van der Waals surface area contributed by atoms with Crippen molar-refractivity contribution in [1.29, 1.82) is 0 Å². The molecule has 0 radical (unpaired) electrons. The van der Waals surface area contributed by atoms with Gasteiger partial charge >= 0.3 is 5.69 Å². The first kappa shape index (κ1) is 14.3. The minimum Gasteiger partial charge on any atom is -0.317 e. The van der Waals surface area contributed by atoms with Gasteiger partial charge in [-0.15, -0.1) is 0 Å². The summed E-state index contributed by atoms with van der Waals surface area (Å²) in [5, 5.41) is 0.538. The Kier molecular flexibility index (Phi) is 3.42. The minimum atomic E-state index is -0.570. The topological polar surface area (TPSA) is 89.8 Å². The van der Waals surface area contributed by atoms with Gasteiger partial charge in [0, 0.05) is 17.6 Å². The van der Waals surface area contributed by atoms with Crippen molar-refractivity contribution in [1.82, 2.24) is 19.1 Å². The average Bonchev–Trinajstić information content (AvgIpc) is 2.90. The number of carbonyl (C=O) groups excluding carboxylic acids is 1. The number of ketones is 1. The van der Waals surface area contributed by atoms with Gasteiger partial charge in [0.25, 0.3) is 5.56 Å². The van der Waals surface area contributed by atoms with Crippen LogP contribution in [0.25, 0.3) is 11.2 Å². The van der Waals surface area contributed by atoms with Crippen LogP contribution in [-0.2, 0) is 13.6 Å². The number of halogens is 1. The van der Waals surface area contributed by atoms with E-state index in [1.165, 1.54) is 22.5 Å². The molecule has 0 saturated carbocycles. The number of nitrogens with zero attached hydrogens (tertiary/aromatic N) is 3. The molecule has 3 rings (SSSR count). The first-order valence-electron chi connectivity index (χ1n) is 6.40. The maximum Gasteiger partial charge on any atom is 0.329 e. The summed E-state index contributed by atoms with van der Waals surface area (Å²) in [7, 11) is 1.50. The molecule has 0 atom stereocenters. The average molecular weight is 319 g/mol. The lowest BCUT2D eigenvalue weighted by Crippen LogP contribution is -2.29. The molecule has 112 valence electrons. The Morgan fingerprint density at radius 3 is 2.64 bits per heavy atom. The van der Waals surface area contributed by atoms with Gasteiger partial charge in [0.1, 0.15) is 0 Å². The summed E-state index contributed by atoms with van der Waals surface area (Å²) in [5.41, 5.74) is -0.221. The molecule has 2 aromatic heterocycles. The maximum atomic E-state index is 12.3. The molecule has 2 heterocycles. The van der Waals surface area contributed by atoms with Crippen LogP contribution in [0.2, 0.25) is 5.02 Å². The van der Waals surface area contributed by atoms with Crippen molar-refractivity contribution in [3.05, 3.63) is 62.0 Å². The van der Waals surface area contributed by atoms with E-state index in [9.17, 15) is 14.4 Å². The molecule has 0 amide bonds. The van der Waals surface area contributed by atoms with Crippen LogP contribution in [-0.4, -0.2) is 24.9 Å². The normalized spacial score (nSPS) is 11.0. The second-order valence-corrected chi connectivity index (χ2v) is 5.23. The number of aromatic nitrogens is 4. The van der Waals surface area contributed by atoms with Crippen molar-refractivity contribution in [3.8, 4) is 0 Å². The fourth-order valence-electron chi connectivity index (χ4n) is 2.19. The molecule has 0 bridgehead atoms. The monoisotopic (exact) mass is 318 g/mol. The van der Waals surface area contributed by atoms with Crippen molar-refractivity contribution in [3.63, 3.8) is 0 Å². The zero-order valence-corrected chi connectivity index (χ0v) is 12.3. The summed E-state index contributed by atoms with van der Waals surface area (Å²) in [6.07, 6.45) is 1.37. The van der Waals surface area contributed by atoms with E-state index in [1.807, 2.05) is 0 Å². The number of Topliss-reactive ketones (excluding diaryl/α,β-unsaturated/α-hetero) is 1. The zero-order chi connectivity index (χ0) is 15.9. The number of nitrogens with one attached hydrogen (secondary N) is 1. The lowest BCUT2D eigenvalue weighted by Gasteiger charge is -2.04. The van der Waals surface area contributed by atoms with Crippen molar-refractivity contribution >= 4 is 28.5 Å². The number of carbonyl (C=O) groups is 1. The van der Waals surface area contributed by atoms with Crippen LogP contribution in [0.5, 0.6) is 0 Å². The Labute approximate surface area is 128 Å². The molecular weight excluding hydrogens is 308 g/mol. The quantitative estimate of drug-likeness (QED) is 0.728. The zero-order valence-electron chi connectivity index (χ0n) is 11.5. The molecule has 0 saturated heterocycles. The Bertz CT molecular complexity index is 982. The molecule has 1 aromatic carbocycles. The third kappa shape index (κ3) is 2.35. The molecule has 0 aliphatic heterocycles. The van der Waals surface area contributed by atoms with Crippen LogP contribution >= 0.6 is 11.6 Å². The number of imidazole rings is 1. The molecule has 1 N–H and O–H groups in total. The van der Waals surface area contributed by atoms with Gasteiger partial charge in [0.15, 0.2) is 16.9 Å². The number of benzene rings is 1. The van der Waals surface area contributed by atoms with E-state index >= 15 is 0 Å². The van der Waals surface area contributed by atoms with Gasteiger partial charge < -0.3 is 4.57 Å². The smallest absolute Gasteiger partial charge is 0.317 e. The number of H-pyrrole nitrogens is 1. The van der Waals surface area contributed by atoms with Crippen LogP contribution in [0.3, 0.4) is 0 Å². The number of aryl methyl sites for hydroxylation is 1. The van der Waals surface area contributed by atoms with Crippen LogP contribution in [0, 0.1) is 0 Å². The molecule has 22 heavy (non-hydrogen) atoms. The Morgan fingerprint density at radius 1 is 1.27 bits per heavy atom. The lowest BCUT2D eigenvalue weighted by atomic mass is 10.1. The van der Waals surface area contributed by atoms with Gasteiger partial charge in [-0.3, -0.25) is 19.1 Å². The van der Waals surface area contributed by atoms with Crippen molar-refractivity contribution in [2.75, 3.05) is 0 Å². The van der Waals surface area contributed by atoms with E-state index in [4.69, 9.17) is 11.6 Å². The number of aromatic amines is 1. The van der Waals surface area contributed by atoms with Crippen molar-refractivity contribution in [2.45, 2.75) is 6.54 Å². The minimum absolute atomic E-state index is 0.0561. The van der Waals surface area contributed by atoms with Crippen molar-refractivity contribution < 1.29 is 4.79 Å². The summed E-state index contributed by atoms with van der Waals surface area (Å²) in [4.78, 5) is 41.9. The highest BCUT2D eigenvalue weighted by Crippen LogP contribution is 2.12. The summed E-state index contributed by atoms with van der Waals surface area (Å²) in [6.45, 7) is -0.0561. The first-order valence-corrected chi connectivity index (χ1v) is 6.78. The number of rotatable bonds is 3. The van der Waals surface area contributed by atoms with Crippen LogP contribution in [0.1, 0.15) is 10.4 Å². The number of hydrogen-bond donors (Lipinski definition) is 1. The van der Waals surface area contributed by atoms with E-state index in [1.54, 1.807) is 24.3 Å². The summed E-state index contributed by atoms with van der Waals surface area (Å²) in [6, 6.07) is 6.47. The van der Waals surface area contributed by atoms with E-state index < -0.39 is 11.2 Å². The summed E-state index contributed by atoms with van der Waals surface area (Å²) in [5.74, 6) is -0.191. The molecule has 7 nitrogen and oxygen atoms in total. The van der Waals surface area contributed by atoms with Gasteiger partial charge in [-0.1, -0.05) is 11.6 Å². The molecule has 8 heteroatoms. The third-order valence-electron chi connectivity index (χ3n) is 3.36. The molecular formula is C14H11ClN4O3. The molecule has 0 spiro atoms. The van der Waals surface area contributed by atoms with Crippen molar-refractivity contribution in [2.24, 2.45) is 7.05 Å². The van der Waals surface area contributed by atoms with E-state index in [-0.39, 0.29) is 23.5 Å². The van der Waals surface area contributed by atoms with Crippen LogP contribution in [0.15, 0.2) is 40.2 Å². The van der Waals surface area contributed by atoms with Crippen LogP contribution < -0.4 is 11.2 Å². The van der Waals surface area contributed by atoms with E-state index in [2.05, 4.69) is 9.97 Å². The predicted octanol–water partition coefficient (Wildman–Crippen LogP) is 0.960. The van der Waals surface area contributed by atoms with Gasteiger partial charge in [0.2, 0.25) is 0 Å². The largest absolute Gasteiger partial charge is 0.329 e. The standard InChI is InChI=1S/C14H11ClN4O3/c1-18-12-11(13(21)17-14(18)22)19(7-16-12)6-10(20)8-2-4-9(15)5-3-8/h2-5,7H,6H2,1H3,(H,17,21,22). The second-order valence-electron chi connectivity index (χ2n) is 4.79. The highest BCUT2D eigenvalue weighted by molar-refractivity contribution is 6.30. The Hall–Kier alpha value is -2.67. The second kappa shape index (κ2) is 5.27. The Balaban J connectivity index is 2.03. The van der Waals surface area contributed by atoms with Gasteiger partial charge in [-0.2, -0.15) is 0 Å². The van der Waals surface area contributed by atoms with Crippen LogP contribution in [0.4, 0.5) is 0 Å². The molecule has 3 aromatic rings. The molecule has 0 aliphatic rings. The van der Waals surface area contributed by atoms with Gasteiger partial charge in [-0.05, 0) is 24.3 Å². The summed E-state index contributed by atoms with van der Waals surface area (Å²) < 4.78 is 2.64. The fourth-order valence-corrected chi connectivity index (χ4v) is 2.31. The SMILES string of the molecule is Cn1c(=O)[nH]c(=O)c2c1ncn2CC(=O)c1ccc(Cl)cc1. The molecule has 0 aliphatic carbocycles. The first-order chi connectivity index (χ1) is 10.5. The lowest BCUT2D eigenvalue weighted by molar-refractivity contribution is 0.0973. The number of hydrogen-bond acceptors (Lipinski definition) is 4. The summed E-state index contributed by atoms with van der Waals surface area (Å²) >= 11 is 5.79.